The number of amides is 1. The molecule has 0 unspecified atom stereocenters. The van der Waals surface area contributed by atoms with Crippen LogP contribution in [-0.2, 0) is 11.2 Å². The molecule has 2 heterocycles. The number of thiazole rings is 1. The summed E-state index contributed by atoms with van der Waals surface area (Å²) in [6.07, 6.45) is 0.210. The van der Waals surface area contributed by atoms with Crippen molar-refractivity contribution in [1.29, 1.82) is 0 Å². The molecule has 1 aliphatic heterocycles. The van der Waals surface area contributed by atoms with E-state index in [1.54, 1.807) is 24.3 Å². The van der Waals surface area contributed by atoms with Crippen LogP contribution in [0.15, 0.2) is 47.8 Å². The minimum Gasteiger partial charge on any atom is -0.454 e. The first-order valence-corrected chi connectivity index (χ1v) is 8.45. The van der Waals surface area contributed by atoms with Crippen molar-refractivity contribution in [2.75, 3.05) is 12.1 Å². The van der Waals surface area contributed by atoms with Gasteiger partial charge in [0.2, 0.25) is 12.7 Å². The molecule has 0 saturated heterocycles. The molecule has 1 aliphatic rings. The number of aromatic nitrogens is 1. The Balaban J connectivity index is 1.42. The molecule has 4 rings (SSSR count). The summed E-state index contributed by atoms with van der Waals surface area (Å²) < 4.78 is 23.5. The number of nitrogens with one attached hydrogen (secondary N) is 1. The number of benzene rings is 2. The molecule has 0 bridgehead atoms. The summed E-state index contributed by atoms with van der Waals surface area (Å²) in [4.78, 5) is 16.6. The highest BCUT2D eigenvalue weighted by Crippen LogP contribution is 2.32. The van der Waals surface area contributed by atoms with E-state index in [-0.39, 0.29) is 24.9 Å². The van der Waals surface area contributed by atoms with Crippen LogP contribution < -0.4 is 14.8 Å². The number of ether oxygens (including phenoxy) is 2. The van der Waals surface area contributed by atoms with Crippen molar-refractivity contribution in [3.05, 3.63) is 59.2 Å². The number of halogens is 1. The Kier molecular flexibility index (Phi) is 4.07. The zero-order valence-electron chi connectivity index (χ0n) is 13.0. The maximum atomic E-state index is 13.0. The van der Waals surface area contributed by atoms with Gasteiger partial charge in [-0.15, -0.1) is 11.3 Å². The number of anilines is 1. The van der Waals surface area contributed by atoms with Gasteiger partial charge in [0, 0.05) is 10.9 Å². The molecule has 1 aromatic heterocycles. The van der Waals surface area contributed by atoms with E-state index in [4.69, 9.17) is 9.47 Å². The van der Waals surface area contributed by atoms with Crippen LogP contribution in [-0.4, -0.2) is 17.7 Å². The van der Waals surface area contributed by atoms with E-state index in [0.29, 0.717) is 22.3 Å². The first kappa shape index (κ1) is 15.6. The Labute approximate surface area is 147 Å². The molecular formula is C18H13FN2O3S. The molecule has 25 heavy (non-hydrogen) atoms. The van der Waals surface area contributed by atoms with E-state index < -0.39 is 0 Å². The summed E-state index contributed by atoms with van der Waals surface area (Å²) in [5.41, 5.74) is 2.33. The van der Waals surface area contributed by atoms with Crippen LogP contribution in [0.4, 0.5) is 9.52 Å². The molecule has 2 aromatic carbocycles. The standard InChI is InChI=1S/C18H13FN2O3S/c19-13-4-2-12(3-5-13)14-9-25-18(20-14)21-17(22)8-11-1-6-15-16(7-11)24-10-23-15/h1-7,9H,8,10H2,(H,20,21,22). The molecular weight excluding hydrogens is 343 g/mol. The molecule has 0 fully saturated rings. The number of rotatable bonds is 4. The zero-order valence-corrected chi connectivity index (χ0v) is 13.8. The Bertz CT molecular complexity index is 924. The summed E-state index contributed by atoms with van der Waals surface area (Å²) >= 11 is 1.33. The third-order valence-corrected chi connectivity index (χ3v) is 4.45. The molecule has 0 radical (unpaired) electrons. The van der Waals surface area contributed by atoms with Crippen molar-refractivity contribution in [2.45, 2.75) is 6.42 Å². The highest BCUT2D eigenvalue weighted by atomic mass is 32.1. The maximum Gasteiger partial charge on any atom is 0.231 e. The summed E-state index contributed by atoms with van der Waals surface area (Å²) in [5.74, 6) is 0.876. The Morgan fingerprint density at radius 3 is 2.80 bits per heavy atom. The van der Waals surface area contributed by atoms with E-state index in [2.05, 4.69) is 10.3 Å². The van der Waals surface area contributed by atoms with Crippen LogP contribution >= 0.6 is 11.3 Å². The van der Waals surface area contributed by atoms with Crippen LogP contribution in [0.25, 0.3) is 11.3 Å². The molecule has 0 atom stereocenters. The van der Waals surface area contributed by atoms with Gasteiger partial charge in [-0.3, -0.25) is 4.79 Å². The van der Waals surface area contributed by atoms with E-state index in [1.165, 1.54) is 23.5 Å². The van der Waals surface area contributed by atoms with Gasteiger partial charge < -0.3 is 14.8 Å². The largest absolute Gasteiger partial charge is 0.454 e. The van der Waals surface area contributed by atoms with Crippen LogP contribution in [0.5, 0.6) is 11.5 Å². The first-order chi connectivity index (χ1) is 12.2. The lowest BCUT2D eigenvalue weighted by molar-refractivity contribution is -0.115. The number of fused-ring (bicyclic) bond motifs is 1. The topological polar surface area (TPSA) is 60.5 Å². The molecule has 3 aromatic rings. The summed E-state index contributed by atoms with van der Waals surface area (Å²) in [7, 11) is 0. The van der Waals surface area contributed by atoms with Crippen molar-refractivity contribution in [3.63, 3.8) is 0 Å². The minimum absolute atomic E-state index is 0.168. The van der Waals surface area contributed by atoms with Gasteiger partial charge in [0.1, 0.15) is 5.82 Å². The minimum atomic E-state index is -0.295. The normalized spacial score (nSPS) is 12.2. The predicted molar refractivity (Wildman–Crippen MR) is 92.4 cm³/mol. The van der Waals surface area contributed by atoms with Crippen LogP contribution in [0.3, 0.4) is 0 Å². The summed E-state index contributed by atoms with van der Waals surface area (Å²) in [6, 6.07) is 11.5. The second kappa shape index (κ2) is 6.52. The van der Waals surface area contributed by atoms with Gasteiger partial charge in [-0.05, 0) is 42.0 Å². The van der Waals surface area contributed by atoms with Crippen molar-refractivity contribution in [3.8, 4) is 22.8 Å². The SMILES string of the molecule is O=C(Cc1ccc2c(c1)OCO2)Nc1nc(-c2ccc(F)cc2)cs1. The van der Waals surface area contributed by atoms with Crippen molar-refractivity contribution >= 4 is 22.4 Å². The van der Waals surface area contributed by atoms with Gasteiger partial charge >= 0.3 is 0 Å². The third kappa shape index (κ3) is 3.46. The average Bonchev–Trinajstić information content (AvgIpc) is 3.24. The molecule has 0 spiro atoms. The zero-order chi connectivity index (χ0) is 17.2. The predicted octanol–water partition coefficient (Wildman–Crippen LogP) is 3.86. The molecule has 1 N–H and O–H groups in total. The molecule has 5 nitrogen and oxygen atoms in total. The van der Waals surface area contributed by atoms with E-state index >= 15 is 0 Å². The quantitative estimate of drug-likeness (QED) is 0.771. The van der Waals surface area contributed by atoms with Gasteiger partial charge in [0.15, 0.2) is 16.6 Å². The molecule has 0 saturated carbocycles. The van der Waals surface area contributed by atoms with Crippen LogP contribution in [0.1, 0.15) is 5.56 Å². The average molecular weight is 356 g/mol. The van der Waals surface area contributed by atoms with Gasteiger partial charge in [0.05, 0.1) is 12.1 Å². The fourth-order valence-corrected chi connectivity index (χ4v) is 3.22. The van der Waals surface area contributed by atoms with Crippen LogP contribution in [0.2, 0.25) is 0 Å². The fourth-order valence-electron chi connectivity index (χ4n) is 2.48. The van der Waals surface area contributed by atoms with E-state index in [0.717, 1.165) is 11.1 Å². The molecule has 1 amide bonds. The van der Waals surface area contributed by atoms with Gasteiger partial charge in [-0.2, -0.15) is 0 Å². The van der Waals surface area contributed by atoms with Crippen molar-refractivity contribution < 1.29 is 18.7 Å². The lowest BCUT2D eigenvalue weighted by atomic mass is 10.1. The highest BCUT2D eigenvalue weighted by Gasteiger charge is 2.15. The highest BCUT2D eigenvalue weighted by molar-refractivity contribution is 7.14. The van der Waals surface area contributed by atoms with Crippen molar-refractivity contribution in [1.82, 2.24) is 4.98 Å². The number of nitrogens with zero attached hydrogens (tertiary/aromatic N) is 1. The Hall–Kier alpha value is -2.93. The fraction of sp³-hybridized carbons (Fsp3) is 0.111. The second-order valence-corrected chi connectivity index (χ2v) is 6.32. The Morgan fingerprint density at radius 2 is 1.96 bits per heavy atom. The number of carbonyl (C=O) groups is 1. The second-order valence-electron chi connectivity index (χ2n) is 5.46. The summed E-state index contributed by atoms with van der Waals surface area (Å²) in [6.45, 7) is 0.205. The van der Waals surface area contributed by atoms with Gasteiger partial charge in [-0.25, -0.2) is 9.37 Å². The lowest BCUT2D eigenvalue weighted by Gasteiger charge is -2.03. The molecule has 126 valence electrons. The van der Waals surface area contributed by atoms with Crippen molar-refractivity contribution in [2.24, 2.45) is 0 Å². The molecule has 7 heteroatoms. The smallest absolute Gasteiger partial charge is 0.231 e. The lowest BCUT2D eigenvalue weighted by Crippen LogP contribution is -2.14. The maximum absolute atomic E-state index is 13.0. The number of carbonyl (C=O) groups excluding carboxylic acids is 1. The van der Waals surface area contributed by atoms with E-state index in [9.17, 15) is 9.18 Å². The first-order valence-electron chi connectivity index (χ1n) is 7.57. The van der Waals surface area contributed by atoms with Gasteiger partial charge in [-0.1, -0.05) is 6.07 Å². The van der Waals surface area contributed by atoms with Gasteiger partial charge in [0.25, 0.3) is 0 Å². The molecule has 0 aliphatic carbocycles. The Morgan fingerprint density at radius 1 is 1.16 bits per heavy atom. The summed E-state index contributed by atoms with van der Waals surface area (Å²) in [5, 5.41) is 5.11. The number of hydrogen-bond acceptors (Lipinski definition) is 5. The monoisotopic (exact) mass is 356 g/mol. The van der Waals surface area contributed by atoms with E-state index in [1.807, 2.05) is 11.4 Å². The van der Waals surface area contributed by atoms with Crippen LogP contribution in [0, 0.1) is 5.82 Å². The third-order valence-electron chi connectivity index (χ3n) is 3.69. The number of hydrogen-bond donors (Lipinski definition) is 1.